The molecule has 0 heterocycles. The van der Waals surface area contributed by atoms with Crippen molar-refractivity contribution in [1.29, 1.82) is 0 Å². The Hall–Kier alpha value is -0.720. The number of rotatable bonds is 4. The Bertz CT molecular complexity index is 1120. The molecule has 0 radical (unpaired) electrons. The maximum Gasteiger partial charge on any atom is 0.343 e. The van der Waals surface area contributed by atoms with Crippen LogP contribution in [0.1, 0.15) is 77.9 Å². The van der Waals surface area contributed by atoms with Crippen molar-refractivity contribution < 1.29 is 22.5 Å². The van der Waals surface area contributed by atoms with Crippen LogP contribution in [-0.2, 0) is 23.0 Å². The standard InChI is InChI=1S/C23H24I2O5S/c24-15-12-18(22(19(25)13-15)14-6-2-1-3-7-14)23(26)30-20-10-11-21(31(27,28)29)17-9-5-4-8-16(17)20/h10-14H,1-9H2,(H,27,28,29)/p-1. The largest absolute Gasteiger partial charge is 0.744 e. The summed E-state index contributed by atoms with van der Waals surface area (Å²) >= 11 is 4.53. The van der Waals surface area contributed by atoms with Crippen molar-refractivity contribution in [3.05, 3.63) is 53.7 Å². The molecule has 0 saturated heterocycles. The Morgan fingerprint density at radius 1 is 0.968 bits per heavy atom. The van der Waals surface area contributed by atoms with E-state index in [1.54, 1.807) is 0 Å². The average molecular weight is 665 g/mol. The third-order valence-electron chi connectivity index (χ3n) is 6.25. The summed E-state index contributed by atoms with van der Waals surface area (Å²) in [5, 5.41) is 0. The third kappa shape index (κ3) is 5.11. The van der Waals surface area contributed by atoms with Gasteiger partial charge in [-0.1, -0.05) is 19.3 Å². The maximum absolute atomic E-state index is 13.3. The third-order valence-corrected chi connectivity index (χ3v) is 8.68. The van der Waals surface area contributed by atoms with E-state index in [-0.39, 0.29) is 4.90 Å². The average Bonchev–Trinajstić information content (AvgIpc) is 2.73. The Kier molecular flexibility index (Phi) is 7.29. The predicted octanol–water partition coefficient (Wildman–Crippen LogP) is 5.95. The first-order valence-electron chi connectivity index (χ1n) is 10.6. The molecule has 0 aliphatic heterocycles. The van der Waals surface area contributed by atoms with E-state index in [4.69, 9.17) is 4.74 Å². The molecular weight excluding hydrogens is 642 g/mol. The van der Waals surface area contributed by atoms with Gasteiger partial charge in [-0.2, -0.15) is 0 Å². The predicted molar refractivity (Wildman–Crippen MR) is 134 cm³/mol. The summed E-state index contributed by atoms with van der Waals surface area (Å²) in [6.45, 7) is 0. The van der Waals surface area contributed by atoms with E-state index in [2.05, 4.69) is 51.2 Å². The highest BCUT2D eigenvalue weighted by atomic mass is 127. The van der Waals surface area contributed by atoms with Crippen molar-refractivity contribution in [3.8, 4) is 5.75 Å². The van der Waals surface area contributed by atoms with Crippen LogP contribution in [-0.4, -0.2) is 18.9 Å². The van der Waals surface area contributed by atoms with E-state index < -0.39 is 16.1 Å². The molecule has 4 rings (SSSR count). The molecule has 2 aromatic rings. The van der Waals surface area contributed by atoms with Crippen molar-refractivity contribution >= 4 is 61.3 Å². The summed E-state index contributed by atoms with van der Waals surface area (Å²) in [7, 11) is -4.57. The summed E-state index contributed by atoms with van der Waals surface area (Å²) in [5.41, 5.74) is 2.85. The second-order valence-electron chi connectivity index (χ2n) is 8.25. The van der Waals surface area contributed by atoms with Gasteiger partial charge < -0.3 is 9.29 Å². The minimum absolute atomic E-state index is 0.186. The molecule has 0 bridgehead atoms. The van der Waals surface area contributed by atoms with Gasteiger partial charge in [0.1, 0.15) is 15.9 Å². The van der Waals surface area contributed by atoms with E-state index in [1.807, 2.05) is 6.07 Å². The van der Waals surface area contributed by atoms with E-state index >= 15 is 0 Å². The molecule has 0 atom stereocenters. The van der Waals surface area contributed by atoms with Gasteiger partial charge in [0.2, 0.25) is 0 Å². The summed E-state index contributed by atoms with van der Waals surface area (Å²) in [6.07, 6.45) is 8.50. The quantitative estimate of drug-likeness (QED) is 0.175. The first-order chi connectivity index (χ1) is 14.8. The SMILES string of the molecule is O=C(Oc1ccc(S(=O)(=O)[O-])c2c1CCCC2)c1cc(I)cc(I)c1C1CCCCC1. The molecule has 0 aromatic heterocycles. The molecule has 2 aliphatic carbocycles. The number of carbonyl (C=O) groups excluding carboxylic acids is 1. The number of esters is 1. The van der Waals surface area contributed by atoms with Crippen molar-refractivity contribution in [2.75, 3.05) is 0 Å². The van der Waals surface area contributed by atoms with Gasteiger partial charge in [0.05, 0.1) is 10.5 Å². The van der Waals surface area contributed by atoms with Crippen molar-refractivity contribution in [3.63, 3.8) is 0 Å². The van der Waals surface area contributed by atoms with E-state index in [1.165, 1.54) is 31.4 Å². The smallest absolute Gasteiger partial charge is 0.343 e. The molecule has 2 aromatic carbocycles. The van der Waals surface area contributed by atoms with Crippen LogP contribution in [0.15, 0.2) is 29.2 Å². The van der Waals surface area contributed by atoms with Crippen LogP contribution in [0, 0.1) is 7.14 Å². The lowest BCUT2D eigenvalue weighted by Gasteiger charge is -2.26. The highest BCUT2D eigenvalue weighted by molar-refractivity contribution is 14.1. The minimum Gasteiger partial charge on any atom is -0.744 e. The zero-order valence-corrected chi connectivity index (χ0v) is 22.1. The number of benzene rings is 2. The monoisotopic (exact) mass is 665 g/mol. The number of hydrogen-bond acceptors (Lipinski definition) is 5. The van der Waals surface area contributed by atoms with Crippen LogP contribution in [0.4, 0.5) is 0 Å². The summed E-state index contributed by atoms with van der Waals surface area (Å²) in [4.78, 5) is 13.2. The van der Waals surface area contributed by atoms with Crippen LogP contribution in [0.2, 0.25) is 0 Å². The lowest BCUT2D eigenvalue weighted by Crippen LogP contribution is -2.19. The van der Waals surface area contributed by atoms with Crippen LogP contribution < -0.4 is 4.74 Å². The Morgan fingerprint density at radius 3 is 2.32 bits per heavy atom. The molecule has 166 valence electrons. The van der Waals surface area contributed by atoms with E-state index in [0.717, 1.165) is 38.4 Å². The van der Waals surface area contributed by atoms with Gasteiger partial charge in [-0.15, -0.1) is 0 Å². The highest BCUT2D eigenvalue weighted by Crippen LogP contribution is 2.39. The lowest BCUT2D eigenvalue weighted by molar-refractivity contribution is 0.0730. The van der Waals surface area contributed by atoms with Crippen molar-refractivity contribution in [1.82, 2.24) is 0 Å². The second-order valence-corrected chi connectivity index (χ2v) is 12.0. The minimum atomic E-state index is -4.57. The first kappa shape index (κ1) is 23.4. The molecular formula is C23H23I2O5S-. The molecule has 0 N–H and O–H groups in total. The Labute approximate surface area is 210 Å². The molecule has 0 amide bonds. The van der Waals surface area contributed by atoms with Crippen LogP contribution in [0.5, 0.6) is 5.75 Å². The fourth-order valence-corrected chi connectivity index (χ4v) is 7.89. The van der Waals surface area contributed by atoms with Gasteiger partial charge in [-0.3, -0.25) is 0 Å². The van der Waals surface area contributed by atoms with Crippen LogP contribution in [0.3, 0.4) is 0 Å². The van der Waals surface area contributed by atoms with E-state index in [0.29, 0.717) is 41.2 Å². The molecule has 0 unspecified atom stereocenters. The summed E-state index contributed by atoms with van der Waals surface area (Å²) < 4.78 is 43.0. The first-order valence-corrected chi connectivity index (χ1v) is 14.1. The van der Waals surface area contributed by atoms with Gasteiger partial charge in [-0.25, -0.2) is 13.2 Å². The molecule has 31 heavy (non-hydrogen) atoms. The number of halogens is 2. The van der Waals surface area contributed by atoms with Crippen LogP contribution in [0.25, 0.3) is 0 Å². The summed E-state index contributed by atoms with van der Waals surface area (Å²) in [6, 6.07) is 6.73. The molecule has 2 aliphatic rings. The Balaban J connectivity index is 1.73. The fraction of sp³-hybridized carbons (Fsp3) is 0.435. The lowest BCUT2D eigenvalue weighted by atomic mass is 9.82. The number of fused-ring (bicyclic) bond motifs is 1. The normalized spacial score (nSPS) is 17.3. The molecule has 1 fully saturated rings. The van der Waals surface area contributed by atoms with Gasteiger partial charge in [0.25, 0.3) is 0 Å². The molecule has 5 nitrogen and oxygen atoms in total. The van der Waals surface area contributed by atoms with Gasteiger partial charge in [0, 0.05) is 7.14 Å². The van der Waals surface area contributed by atoms with Crippen molar-refractivity contribution in [2.24, 2.45) is 0 Å². The molecule has 0 spiro atoms. The maximum atomic E-state index is 13.3. The van der Waals surface area contributed by atoms with Gasteiger partial charge in [0.15, 0.2) is 0 Å². The fourth-order valence-electron chi connectivity index (χ4n) is 4.85. The number of hydrogen-bond donors (Lipinski definition) is 0. The Morgan fingerprint density at radius 2 is 1.65 bits per heavy atom. The van der Waals surface area contributed by atoms with E-state index in [9.17, 15) is 17.8 Å². The zero-order chi connectivity index (χ0) is 22.2. The van der Waals surface area contributed by atoms with Crippen molar-refractivity contribution in [2.45, 2.75) is 68.6 Å². The topological polar surface area (TPSA) is 83.5 Å². The second kappa shape index (κ2) is 9.64. The number of carbonyl (C=O) groups is 1. The van der Waals surface area contributed by atoms with Gasteiger partial charge >= 0.3 is 5.97 Å². The highest BCUT2D eigenvalue weighted by Gasteiger charge is 2.27. The number of ether oxygens (including phenoxy) is 1. The van der Waals surface area contributed by atoms with Gasteiger partial charge in [-0.05, 0) is 131 Å². The molecule has 8 heteroatoms. The van der Waals surface area contributed by atoms with Crippen LogP contribution >= 0.6 is 45.2 Å². The zero-order valence-electron chi connectivity index (χ0n) is 17.0. The summed E-state index contributed by atoms with van der Waals surface area (Å²) in [5.74, 6) is 0.306. The molecule has 1 saturated carbocycles.